The number of hydrogen-bond acceptors (Lipinski definition) is 3. The van der Waals surface area contributed by atoms with Gasteiger partial charge in [-0.1, -0.05) is 18.2 Å². The number of aryl methyl sites for hydroxylation is 2. The van der Waals surface area contributed by atoms with E-state index in [1.165, 1.54) is 11.1 Å². The summed E-state index contributed by atoms with van der Waals surface area (Å²) in [6.45, 7) is 9.16. The lowest BCUT2D eigenvalue weighted by atomic mass is 10.1. The summed E-state index contributed by atoms with van der Waals surface area (Å²) >= 11 is 0. The zero-order valence-corrected chi connectivity index (χ0v) is 12.0. The molecule has 2 rings (SSSR count). The van der Waals surface area contributed by atoms with Crippen molar-refractivity contribution < 1.29 is 4.79 Å². The molecule has 1 aliphatic rings. The zero-order valence-electron chi connectivity index (χ0n) is 12.0. The predicted molar refractivity (Wildman–Crippen MR) is 78.5 cm³/mol. The Balaban J connectivity index is 1.96. The third-order valence-electron chi connectivity index (χ3n) is 3.72. The van der Waals surface area contributed by atoms with Gasteiger partial charge in [0.1, 0.15) is 0 Å². The average Bonchev–Trinajstić information content (AvgIpc) is 2.38. The normalized spacial score (nSPS) is 19.3. The molecule has 1 saturated heterocycles. The van der Waals surface area contributed by atoms with Gasteiger partial charge in [-0.15, -0.1) is 0 Å². The fraction of sp³-hybridized carbons (Fsp3) is 0.533. The topological polar surface area (TPSA) is 44.4 Å². The Morgan fingerprint density at radius 2 is 2.11 bits per heavy atom. The van der Waals surface area contributed by atoms with Gasteiger partial charge in [-0.3, -0.25) is 4.79 Å². The number of hydrogen-bond donors (Lipinski definition) is 2. The van der Waals surface area contributed by atoms with Crippen LogP contribution in [0.25, 0.3) is 0 Å². The van der Waals surface area contributed by atoms with E-state index < -0.39 is 0 Å². The van der Waals surface area contributed by atoms with E-state index >= 15 is 0 Å². The number of nitrogens with zero attached hydrogens (tertiary/aromatic N) is 1. The maximum Gasteiger partial charge on any atom is 0.242 e. The standard InChI is InChI=1S/C15H23N3O/c1-11-5-4-6-12(2)15(11)17-10-14(19)18-8-7-16-9-13(18)3/h4-6,13,16-17H,7-10H2,1-3H3. The fourth-order valence-electron chi connectivity index (χ4n) is 2.57. The highest BCUT2D eigenvalue weighted by Gasteiger charge is 2.22. The van der Waals surface area contributed by atoms with Gasteiger partial charge in [-0.05, 0) is 31.9 Å². The minimum Gasteiger partial charge on any atom is -0.376 e. The summed E-state index contributed by atoms with van der Waals surface area (Å²) < 4.78 is 0. The fourth-order valence-corrected chi connectivity index (χ4v) is 2.57. The molecule has 2 N–H and O–H groups in total. The molecule has 104 valence electrons. The number of para-hydroxylation sites is 1. The second-order valence-corrected chi connectivity index (χ2v) is 5.26. The van der Waals surface area contributed by atoms with Crippen LogP contribution in [0.15, 0.2) is 18.2 Å². The number of rotatable bonds is 3. The number of anilines is 1. The van der Waals surface area contributed by atoms with Gasteiger partial charge in [0.15, 0.2) is 0 Å². The van der Waals surface area contributed by atoms with Gasteiger partial charge in [0.05, 0.1) is 6.54 Å². The Bertz CT molecular complexity index is 438. The molecule has 1 fully saturated rings. The average molecular weight is 261 g/mol. The first-order valence-corrected chi connectivity index (χ1v) is 6.90. The molecule has 0 saturated carbocycles. The van der Waals surface area contributed by atoms with Crippen LogP contribution >= 0.6 is 0 Å². The van der Waals surface area contributed by atoms with E-state index in [2.05, 4.69) is 43.5 Å². The molecule has 0 aliphatic carbocycles. The Labute approximate surface area is 115 Å². The van der Waals surface area contributed by atoms with Crippen LogP contribution in [-0.2, 0) is 4.79 Å². The smallest absolute Gasteiger partial charge is 0.242 e. The molecule has 1 aromatic rings. The Morgan fingerprint density at radius 1 is 1.42 bits per heavy atom. The largest absolute Gasteiger partial charge is 0.376 e. The number of benzene rings is 1. The molecule has 4 nitrogen and oxygen atoms in total. The van der Waals surface area contributed by atoms with Crippen molar-refractivity contribution in [3.8, 4) is 0 Å². The molecule has 1 atom stereocenters. The van der Waals surface area contributed by atoms with Gasteiger partial charge in [-0.25, -0.2) is 0 Å². The molecule has 0 radical (unpaired) electrons. The Kier molecular flexibility index (Phi) is 4.43. The van der Waals surface area contributed by atoms with Crippen LogP contribution in [0.1, 0.15) is 18.1 Å². The van der Waals surface area contributed by atoms with Crippen molar-refractivity contribution in [2.45, 2.75) is 26.8 Å². The molecule has 1 heterocycles. The molecule has 1 aliphatic heterocycles. The highest BCUT2D eigenvalue weighted by Crippen LogP contribution is 2.19. The monoisotopic (exact) mass is 261 g/mol. The first-order chi connectivity index (χ1) is 9.09. The van der Waals surface area contributed by atoms with E-state index in [4.69, 9.17) is 0 Å². The number of piperazine rings is 1. The molecular formula is C15H23N3O. The minimum absolute atomic E-state index is 0.177. The summed E-state index contributed by atoms with van der Waals surface area (Å²) in [5.41, 5.74) is 3.45. The van der Waals surface area contributed by atoms with Crippen molar-refractivity contribution >= 4 is 11.6 Å². The summed E-state index contributed by atoms with van der Waals surface area (Å²) in [4.78, 5) is 14.2. The van der Waals surface area contributed by atoms with Crippen LogP contribution in [0, 0.1) is 13.8 Å². The summed E-state index contributed by atoms with van der Waals surface area (Å²) in [6, 6.07) is 6.44. The van der Waals surface area contributed by atoms with E-state index in [0.717, 1.165) is 25.3 Å². The third-order valence-corrected chi connectivity index (χ3v) is 3.72. The van der Waals surface area contributed by atoms with Crippen LogP contribution in [0.5, 0.6) is 0 Å². The van der Waals surface area contributed by atoms with E-state index in [1.807, 2.05) is 11.0 Å². The molecule has 19 heavy (non-hydrogen) atoms. The molecular weight excluding hydrogens is 238 g/mol. The molecule has 0 aromatic heterocycles. The predicted octanol–water partition coefficient (Wildman–Crippen LogP) is 1.54. The van der Waals surface area contributed by atoms with Crippen molar-refractivity contribution in [1.82, 2.24) is 10.2 Å². The lowest BCUT2D eigenvalue weighted by molar-refractivity contribution is -0.132. The first kappa shape index (κ1) is 13.9. The van der Waals surface area contributed by atoms with Crippen LogP contribution in [0.4, 0.5) is 5.69 Å². The van der Waals surface area contributed by atoms with E-state index in [9.17, 15) is 4.79 Å². The zero-order chi connectivity index (χ0) is 13.8. The van der Waals surface area contributed by atoms with Crippen molar-refractivity contribution in [2.24, 2.45) is 0 Å². The number of amides is 1. The maximum absolute atomic E-state index is 12.2. The summed E-state index contributed by atoms with van der Waals surface area (Å²) in [5.74, 6) is 0.177. The van der Waals surface area contributed by atoms with Crippen molar-refractivity contribution in [3.63, 3.8) is 0 Å². The summed E-state index contributed by atoms with van der Waals surface area (Å²) in [5, 5.41) is 6.58. The number of carbonyl (C=O) groups excluding carboxylic acids is 1. The van der Waals surface area contributed by atoms with Gasteiger partial charge in [0.25, 0.3) is 0 Å². The number of carbonyl (C=O) groups is 1. The molecule has 4 heteroatoms. The lowest BCUT2D eigenvalue weighted by Gasteiger charge is -2.34. The summed E-state index contributed by atoms with van der Waals surface area (Å²) in [6.07, 6.45) is 0. The Morgan fingerprint density at radius 3 is 2.74 bits per heavy atom. The van der Waals surface area contributed by atoms with Crippen LogP contribution in [0.2, 0.25) is 0 Å². The first-order valence-electron chi connectivity index (χ1n) is 6.90. The lowest BCUT2D eigenvalue weighted by Crippen LogP contribution is -2.53. The van der Waals surface area contributed by atoms with Gasteiger partial charge in [0, 0.05) is 31.4 Å². The molecule has 1 amide bonds. The molecule has 0 bridgehead atoms. The van der Waals surface area contributed by atoms with Crippen molar-refractivity contribution in [3.05, 3.63) is 29.3 Å². The highest BCUT2D eigenvalue weighted by molar-refractivity contribution is 5.81. The quantitative estimate of drug-likeness (QED) is 0.867. The Hall–Kier alpha value is -1.55. The highest BCUT2D eigenvalue weighted by atomic mass is 16.2. The van der Waals surface area contributed by atoms with Crippen molar-refractivity contribution in [1.29, 1.82) is 0 Å². The van der Waals surface area contributed by atoms with E-state index in [1.54, 1.807) is 0 Å². The molecule has 1 unspecified atom stereocenters. The maximum atomic E-state index is 12.2. The van der Waals surface area contributed by atoms with E-state index in [-0.39, 0.29) is 11.9 Å². The summed E-state index contributed by atoms with van der Waals surface area (Å²) in [7, 11) is 0. The van der Waals surface area contributed by atoms with Gasteiger partial charge in [-0.2, -0.15) is 0 Å². The minimum atomic E-state index is 0.177. The second kappa shape index (κ2) is 6.06. The van der Waals surface area contributed by atoms with Gasteiger partial charge >= 0.3 is 0 Å². The van der Waals surface area contributed by atoms with Gasteiger partial charge < -0.3 is 15.5 Å². The SMILES string of the molecule is Cc1cccc(C)c1NCC(=O)N1CCNCC1C. The molecule has 0 spiro atoms. The third kappa shape index (κ3) is 3.26. The van der Waals surface area contributed by atoms with Crippen LogP contribution < -0.4 is 10.6 Å². The number of nitrogens with one attached hydrogen (secondary N) is 2. The second-order valence-electron chi connectivity index (χ2n) is 5.26. The van der Waals surface area contributed by atoms with E-state index in [0.29, 0.717) is 6.54 Å². The van der Waals surface area contributed by atoms with Crippen molar-refractivity contribution in [2.75, 3.05) is 31.5 Å². The van der Waals surface area contributed by atoms with Crippen LogP contribution in [0.3, 0.4) is 0 Å². The molecule has 1 aromatic carbocycles. The van der Waals surface area contributed by atoms with Gasteiger partial charge in [0.2, 0.25) is 5.91 Å². The van der Waals surface area contributed by atoms with Crippen LogP contribution in [-0.4, -0.2) is 43.0 Å².